The summed E-state index contributed by atoms with van der Waals surface area (Å²) in [5.41, 5.74) is 0. The molecule has 1 heterocycles. The lowest BCUT2D eigenvalue weighted by Gasteiger charge is -2.05. The van der Waals surface area contributed by atoms with Crippen LogP contribution in [-0.4, -0.2) is 28.4 Å². The predicted octanol–water partition coefficient (Wildman–Crippen LogP) is 1.28. The fraction of sp³-hybridized carbons (Fsp3) is 0.250. The molecule has 0 radical (unpaired) electrons. The molecule has 0 saturated heterocycles. The van der Waals surface area contributed by atoms with E-state index in [1.54, 1.807) is 31.4 Å². The minimum Gasteiger partial charge on any atom is -0.497 e. The van der Waals surface area contributed by atoms with Crippen molar-refractivity contribution in [3.63, 3.8) is 0 Å². The van der Waals surface area contributed by atoms with Gasteiger partial charge >= 0.3 is 5.97 Å². The van der Waals surface area contributed by atoms with Crippen molar-refractivity contribution < 1.29 is 23.8 Å². The molecule has 0 aliphatic rings. The van der Waals surface area contributed by atoms with Crippen molar-refractivity contribution in [1.82, 2.24) is 10.2 Å². The van der Waals surface area contributed by atoms with Gasteiger partial charge in [0.05, 0.1) is 7.11 Å². The predicted molar refractivity (Wildman–Crippen MR) is 63.0 cm³/mol. The zero-order chi connectivity index (χ0) is 13.7. The molecule has 0 aliphatic carbocycles. The first kappa shape index (κ1) is 12.9. The molecule has 2 rings (SSSR count). The molecule has 19 heavy (non-hydrogen) atoms. The molecule has 1 aromatic heterocycles. The normalized spacial score (nSPS) is 10.2. The van der Waals surface area contributed by atoms with Crippen molar-refractivity contribution >= 4 is 5.97 Å². The number of methoxy groups -OCH3 is 1. The van der Waals surface area contributed by atoms with Gasteiger partial charge < -0.3 is 19.0 Å². The summed E-state index contributed by atoms with van der Waals surface area (Å²) in [5.74, 6) is 0.520. The van der Waals surface area contributed by atoms with Crippen LogP contribution in [0.5, 0.6) is 11.5 Å². The van der Waals surface area contributed by atoms with E-state index < -0.39 is 5.97 Å². The number of aliphatic carboxylic acids is 1. The van der Waals surface area contributed by atoms with E-state index in [1.807, 2.05) is 0 Å². The molecular formula is C12H12N2O5. The Labute approximate surface area is 108 Å². The van der Waals surface area contributed by atoms with Crippen molar-refractivity contribution in [2.45, 2.75) is 13.0 Å². The monoisotopic (exact) mass is 264 g/mol. The number of benzene rings is 1. The second-order valence-corrected chi connectivity index (χ2v) is 3.63. The van der Waals surface area contributed by atoms with Gasteiger partial charge in [-0.15, -0.1) is 10.2 Å². The second kappa shape index (κ2) is 5.85. The van der Waals surface area contributed by atoms with E-state index in [0.717, 1.165) is 0 Å². The largest absolute Gasteiger partial charge is 0.497 e. The van der Waals surface area contributed by atoms with E-state index in [-0.39, 0.29) is 24.8 Å². The Hall–Kier alpha value is -2.57. The molecule has 0 spiro atoms. The Balaban J connectivity index is 1.94. The van der Waals surface area contributed by atoms with Gasteiger partial charge in [-0.2, -0.15) is 0 Å². The summed E-state index contributed by atoms with van der Waals surface area (Å²) in [6, 6.07) is 7.06. The maximum absolute atomic E-state index is 10.5. The number of hydrogen-bond acceptors (Lipinski definition) is 6. The summed E-state index contributed by atoms with van der Waals surface area (Å²) in [6.45, 7) is 0.0692. The summed E-state index contributed by atoms with van der Waals surface area (Å²) < 4.78 is 15.6. The molecule has 2 aromatic rings. The number of rotatable bonds is 6. The molecule has 7 heteroatoms. The molecule has 0 fully saturated rings. The van der Waals surface area contributed by atoms with Crippen molar-refractivity contribution in [1.29, 1.82) is 0 Å². The number of carboxylic acids is 1. The molecule has 7 nitrogen and oxygen atoms in total. The topological polar surface area (TPSA) is 94.7 Å². The highest BCUT2D eigenvalue weighted by Crippen LogP contribution is 2.19. The van der Waals surface area contributed by atoms with Gasteiger partial charge in [-0.25, -0.2) is 0 Å². The van der Waals surface area contributed by atoms with E-state index in [1.165, 1.54) is 0 Å². The second-order valence-electron chi connectivity index (χ2n) is 3.63. The fourth-order valence-corrected chi connectivity index (χ4v) is 1.38. The van der Waals surface area contributed by atoms with E-state index in [9.17, 15) is 4.79 Å². The van der Waals surface area contributed by atoms with Crippen LogP contribution in [-0.2, 0) is 17.8 Å². The minimum atomic E-state index is -1.02. The van der Waals surface area contributed by atoms with Gasteiger partial charge in [-0.05, 0) is 12.1 Å². The lowest BCUT2D eigenvalue weighted by atomic mass is 10.3. The summed E-state index contributed by atoms with van der Waals surface area (Å²) in [5, 5.41) is 15.9. The fourth-order valence-electron chi connectivity index (χ4n) is 1.38. The Morgan fingerprint density at radius 3 is 2.79 bits per heavy atom. The maximum Gasteiger partial charge on any atom is 0.312 e. The van der Waals surface area contributed by atoms with Crippen LogP contribution in [0.4, 0.5) is 0 Å². The highest BCUT2D eigenvalue weighted by molar-refractivity contribution is 5.68. The van der Waals surface area contributed by atoms with Crippen molar-refractivity contribution in [2.24, 2.45) is 0 Å². The smallest absolute Gasteiger partial charge is 0.312 e. The third kappa shape index (κ3) is 3.70. The van der Waals surface area contributed by atoms with Crippen LogP contribution < -0.4 is 9.47 Å². The molecule has 0 aliphatic heterocycles. The van der Waals surface area contributed by atoms with Gasteiger partial charge in [-0.3, -0.25) is 4.79 Å². The van der Waals surface area contributed by atoms with Crippen LogP contribution in [0, 0.1) is 0 Å². The van der Waals surface area contributed by atoms with E-state index in [0.29, 0.717) is 11.5 Å². The van der Waals surface area contributed by atoms with Crippen molar-refractivity contribution in [3.05, 3.63) is 36.0 Å². The molecule has 0 amide bonds. The van der Waals surface area contributed by atoms with Gasteiger partial charge in [0, 0.05) is 6.07 Å². The first-order valence-electron chi connectivity index (χ1n) is 5.47. The van der Waals surface area contributed by atoms with E-state index >= 15 is 0 Å². The Morgan fingerprint density at radius 1 is 1.32 bits per heavy atom. The zero-order valence-electron chi connectivity index (χ0n) is 10.2. The van der Waals surface area contributed by atoms with Crippen LogP contribution in [0.1, 0.15) is 11.8 Å². The van der Waals surface area contributed by atoms with Gasteiger partial charge in [0.2, 0.25) is 5.89 Å². The number of nitrogens with zero attached hydrogens (tertiary/aromatic N) is 2. The highest BCUT2D eigenvalue weighted by Gasteiger charge is 2.10. The summed E-state index contributed by atoms with van der Waals surface area (Å²) in [7, 11) is 1.56. The summed E-state index contributed by atoms with van der Waals surface area (Å²) >= 11 is 0. The van der Waals surface area contributed by atoms with Gasteiger partial charge in [-0.1, -0.05) is 6.07 Å². The number of ether oxygens (including phenoxy) is 2. The van der Waals surface area contributed by atoms with Crippen LogP contribution in [0.2, 0.25) is 0 Å². The molecule has 0 bridgehead atoms. The van der Waals surface area contributed by atoms with Crippen molar-refractivity contribution in [2.75, 3.05) is 7.11 Å². The number of carboxylic acid groups (broad SMARTS) is 1. The minimum absolute atomic E-state index is 0.0525. The Bertz CT molecular complexity index is 567. The van der Waals surface area contributed by atoms with Crippen molar-refractivity contribution in [3.8, 4) is 11.5 Å². The molecule has 0 saturated carbocycles. The van der Waals surface area contributed by atoms with Crippen LogP contribution in [0.3, 0.4) is 0 Å². The Kier molecular flexibility index (Phi) is 3.97. The number of aromatic nitrogens is 2. The number of hydrogen-bond donors (Lipinski definition) is 1. The van der Waals surface area contributed by atoms with Crippen LogP contribution in [0.15, 0.2) is 28.7 Å². The highest BCUT2D eigenvalue weighted by atomic mass is 16.5. The third-order valence-corrected chi connectivity index (χ3v) is 2.21. The first-order chi connectivity index (χ1) is 9.17. The van der Waals surface area contributed by atoms with Crippen LogP contribution in [0.25, 0.3) is 0 Å². The van der Waals surface area contributed by atoms with Gasteiger partial charge in [0.25, 0.3) is 5.89 Å². The maximum atomic E-state index is 10.5. The average molecular weight is 264 g/mol. The SMILES string of the molecule is COc1cccc(OCc2nnc(CC(=O)O)o2)c1. The molecule has 100 valence electrons. The molecular weight excluding hydrogens is 252 g/mol. The first-order valence-corrected chi connectivity index (χ1v) is 5.47. The molecule has 1 N–H and O–H groups in total. The van der Waals surface area contributed by atoms with E-state index in [2.05, 4.69) is 10.2 Å². The number of carbonyl (C=O) groups is 1. The molecule has 1 aromatic carbocycles. The quantitative estimate of drug-likeness (QED) is 0.839. The standard InChI is InChI=1S/C12H12N2O5/c1-17-8-3-2-4-9(5-8)18-7-11-14-13-10(19-11)6-12(15)16/h2-5H,6-7H2,1H3,(H,15,16). The van der Waals surface area contributed by atoms with Crippen LogP contribution >= 0.6 is 0 Å². The summed E-state index contributed by atoms with van der Waals surface area (Å²) in [6.07, 6.45) is -0.299. The lowest BCUT2D eigenvalue weighted by molar-refractivity contribution is -0.136. The molecule has 0 atom stereocenters. The Morgan fingerprint density at radius 2 is 2.05 bits per heavy atom. The average Bonchev–Trinajstić information content (AvgIpc) is 2.83. The molecule has 0 unspecified atom stereocenters. The lowest BCUT2D eigenvalue weighted by Crippen LogP contribution is -1.99. The van der Waals surface area contributed by atoms with E-state index in [4.69, 9.17) is 19.0 Å². The van der Waals surface area contributed by atoms with Gasteiger partial charge in [0.1, 0.15) is 17.9 Å². The third-order valence-electron chi connectivity index (χ3n) is 2.21. The van der Waals surface area contributed by atoms with Gasteiger partial charge in [0.15, 0.2) is 6.61 Å². The zero-order valence-corrected chi connectivity index (χ0v) is 10.2. The summed E-state index contributed by atoms with van der Waals surface area (Å²) in [4.78, 5) is 10.5.